The highest BCUT2D eigenvalue weighted by Crippen LogP contribution is 2.31. The first-order valence-corrected chi connectivity index (χ1v) is 6.82. The van der Waals surface area contributed by atoms with E-state index in [0.717, 1.165) is 21.9 Å². The molecule has 0 aliphatic rings. The Hall–Kier alpha value is -0.830. The van der Waals surface area contributed by atoms with Crippen molar-refractivity contribution in [3.05, 3.63) is 58.1 Å². The molecule has 1 nitrogen and oxygen atoms in total. The number of rotatable bonds is 3. The van der Waals surface area contributed by atoms with E-state index in [-0.39, 0.29) is 0 Å². The Morgan fingerprint density at radius 1 is 0.941 bits per heavy atom. The van der Waals surface area contributed by atoms with Crippen molar-refractivity contribution in [1.82, 2.24) is 0 Å². The van der Waals surface area contributed by atoms with E-state index in [2.05, 4.69) is 0 Å². The molecule has 0 atom stereocenters. The quantitative estimate of drug-likeness (QED) is 0.643. The van der Waals surface area contributed by atoms with Gasteiger partial charge in [-0.15, -0.1) is 11.8 Å². The van der Waals surface area contributed by atoms with Crippen LogP contribution in [0.1, 0.15) is 5.56 Å². The van der Waals surface area contributed by atoms with Crippen LogP contribution in [-0.4, -0.2) is 0 Å². The molecule has 0 fully saturated rings. The first kappa shape index (κ1) is 12.6. The topological polar surface area (TPSA) is 26.0 Å². The Morgan fingerprint density at radius 2 is 1.53 bits per heavy atom. The van der Waals surface area contributed by atoms with Gasteiger partial charge in [-0.2, -0.15) is 0 Å². The lowest BCUT2D eigenvalue weighted by Crippen LogP contribution is -1.86. The van der Waals surface area contributed by atoms with Gasteiger partial charge in [0, 0.05) is 26.4 Å². The molecule has 2 rings (SSSR count). The van der Waals surface area contributed by atoms with Crippen molar-refractivity contribution in [2.75, 3.05) is 5.73 Å². The summed E-state index contributed by atoms with van der Waals surface area (Å²) in [5, 5.41) is 1.42. The van der Waals surface area contributed by atoms with Crippen LogP contribution >= 0.6 is 35.0 Å². The number of benzene rings is 2. The van der Waals surface area contributed by atoms with E-state index in [1.165, 1.54) is 0 Å². The van der Waals surface area contributed by atoms with E-state index in [9.17, 15) is 0 Å². The van der Waals surface area contributed by atoms with Crippen molar-refractivity contribution < 1.29 is 0 Å². The largest absolute Gasteiger partial charge is 0.399 e. The zero-order valence-corrected chi connectivity index (χ0v) is 11.3. The summed E-state index contributed by atoms with van der Waals surface area (Å²) in [6.07, 6.45) is 0. The maximum Gasteiger partial charge on any atom is 0.0461 e. The highest BCUT2D eigenvalue weighted by Gasteiger charge is 2.05. The van der Waals surface area contributed by atoms with Gasteiger partial charge in [0.1, 0.15) is 0 Å². The Morgan fingerprint density at radius 3 is 2.12 bits per heavy atom. The molecule has 0 unspecified atom stereocenters. The van der Waals surface area contributed by atoms with Gasteiger partial charge >= 0.3 is 0 Å². The number of hydrogen-bond donors (Lipinski definition) is 1. The van der Waals surface area contributed by atoms with Crippen molar-refractivity contribution in [3.8, 4) is 0 Å². The molecule has 2 aromatic carbocycles. The number of halogens is 2. The lowest BCUT2D eigenvalue weighted by atomic mass is 10.2. The smallest absolute Gasteiger partial charge is 0.0461 e. The monoisotopic (exact) mass is 283 g/mol. The fraction of sp³-hybridized carbons (Fsp3) is 0.0769. The van der Waals surface area contributed by atoms with Crippen molar-refractivity contribution in [2.45, 2.75) is 10.6 Å². The molecule has 0 aliphatic carbocycles. The second-order valence-corrected chi connectivity index (χ2v) is 5.42. The molecular weight excluding hydrogens is 273 g/mol. The van der Waals surface area contributed by atoms with E-state index in [0.29, 0.717) is 10.0 Å². The average Bonchev–Trinajstić information content (AvgIpc) is 2.31. The number of thioether (sulfide) groups is 1. The SMILES string of the molecule is Nc1ccc(SCc2c(Cl)cccc2Cl)cc1. The summed E-state index contributed by atoms with van der Waals surface area (Å²) in [6, 6.07) is 13.3. The summed E-state index contributed by atoms with van der Waals surface area (Å²) in [4.78, 5) is 1.15. The molecule has 2 N–H and O–H groups in total. The zero-order valence-electron chi connectivity index (χ0n) is 8.99. The van der Waals surface area contributed by atoms with E-state index < -0.39 is 0 Å². The summed E-state index contributed by atoms with van der Waals surface area (Å²) in [5.41, 5.74) is 7.37. The second kappa shape index (κ2) is 5.67. The lowest BCUT2D eigenvalue weighted by Gasteiger charge is -2.06. The molecule has 0 bridgehead atoms. The number of nitrogens with two attached hydrogens (primary N) is 1. The van der Waals surface area contributed by atoms with Gasteiger partial charge in [-0.3, -0.25) is 0 Å². The Bertz CT molecular complexity index is 491. The van der Waals surface area contributed by atoms with Crippen LogP contribution in [-0.2, 0) is 5.75 Å². The molecule has 4 heteroatoms. The summed E-state index contributed by atoms with van der Waals surface area (Å²) in [5.74, 6) is 0.752. The van der Waals surface area contributed by atoms with Gasteiger partial charge in [0.15, 0.2) is 0 Å². The standard InChI is InChI=1S/C13H11Cl2NS/c14-12-2-1-3-13(15)11(12)8-17-10-6-4-9(16)5-7-10/h1-7H,8,16H2. The third-order valence-corrected chi connectivity index (χ3v) is 4.07. The molecular formula is C13H11Cl2NS. The Labute approximate surface area is 115 Å². The van der Waals surface area contributed by atoms with Gasteiger partial charge in [-0.25, -0.2) is 0 Å². The predicted octanol–water partition coefficient (Wildman–Crippen LogP) is 4.87. The molecule has 0 spiro atoms. The molecule has 0 saturated heterocycles. The maximum atomic E-state index is 6.10. The predicted molar refractivity (Wildman–Crippen MR) is 76.9 cm³/mol. The van der Waals surface area contributed by atoms with Crippen LogP contribution in [0.4, 0.5) is 5.69 Å². The molecule has 0 aromatic heterocycles. The van der Waals surface area contributed by atoms with Crippen molar-refractivity contribution in [3.63, 3.8) is 0 Å². The first-order valence-electron chi connectivity index (χ1n) is 5.08. The van der Waals surface area contributed by atoms with Crippen LogP contribution in [0.5, 0.6) is 0 Å². The molecule has 0 saturated carbocycles. The minimum atomic E-state index is 0.709. The van der Waals surface area contributed by atoms with Gasteiger partial charge in [-0.05, 0) is 42.0 Å². The molecule has 88 valence electrons. The summed E-state index contributed by atoms with van der Waals surface area (Å²) in [7, 11) is 0. The molecule has 17 heavy (non-hydrogen) atoms. The van der Waals surface area contributed by atoms with E-state index in [1.807, 2.05) is 42.5 Å². The van der Waals surface area contributed by atoms with Crippen molar-refractivity contribution >= 4 is 40.7 Å². The highest BCUT2D eigenvalue weighted by atomic mass is 35.5. The lowest BCUT2D eigenvalue weighted by molar-refractivity contribution is 1.38. The first-order chi connectivity index (χ1) is 8.16. The van der Waals surface area contributed by atoms with Gasteiger partial charge in [0.05, 0.1) is 0 Å². The van der Waals surface area contributed by atoms with Crippen LogP contribution in [0, 0.1) is 0 Å². The van der Waals surface area contributed by atoms with E-state index in [1.54, 1.807) is 11.8 Å². The van der Waals surface area contributed by atoms with Gasteiger partial charge in [0.25, 0.3) is 0 Å². The maximum absolute atomic E-state index is 6.10. The fourth-order valence-corrected chi connectivity index (χ4v) is 3.03. The molecule has 0 aliphatic heterocycles. The fourth-order valence-electron chi connectivity index (χ4n) is 1.39. The van der Waals surface area contributed by atoms with E-state index in [4.69, 9.17) is 28.9 Å². The summed E-state index contributed by atoms with van der Waals surface area (Å²) in [6.45, 7) is 0. The zero-order chi connectivity index (χ0) is 12.3. The van der Waals surface area contributed by atoms with Gasteiger partial charge < -0.3 is 5.73 Å². The van der Waals surface area contributed by atoms with Crippen LogP contribution in [0.3, 0.4) is 0 Å². The third-order valence-electron chi connectivity index (χ3n) is 2.32. The van der Waals surface area contributed by atoms with Crippen LogP contribution in [0.15, 0.2) is 47.4 Å². The molecule has 0 amide bonds. The minimum Gasteiger partial charge on any atom is -0.399 e. The number of anilines is 1. The van der Waals surface area contributed by atoms with E-state index >= 15 is 0 Å². The van der Waals surface area contributed by atoms with Crippen molar-refractivity contribution in [2.24, 2.45) is 0 Å². The van der Waals surface area contributed by atoms with Crippen LogP contribution < -0.4 is 5.73 Å². The van der Waals surface area contributed by atoms with Crippen molar-refractivity contribution in [1.29, 1.82) is 0 Å². The van der Waals surface area contributed by atoms with Crippen LogP contribution in [0.2, 0.25) is 10.0 Å². The normalized spacial score (nSPS) is 10.5. The second-order valence-electron chi connectivity index (χ2n) is 3.56. The van der Waals surface area contributed by atoms with Gasteiger partial charge in [0.2, 0.25) is 0 Å². The molecule has 0 heterocycles. The minimum absolute atomic E-state index is 0.709. The Balaban J connectivity index is 2.10. The number of hydrogen-bond acceptors (Lipinski definition) is 2. The molecule has 2 aromatic rings. The highest BCUT2D eigenvalue weighted by molar-refractivity contribution is 7.98. The third kappa shape index (κ3) is 3.32. The number of nitrogen functional groups attached to an aromatic ring is 1. The molecule has 0 radical (unpaired) electrons. The summed E-state index contributed by atoms with van der Waals surface area (Å²) >= 11 is 13.9. The average molecular weight is 284 g/mol. The summed E-state index contributed by atoms with van der Waals surface area (Å²) < 4.78 is 0. The van der Waals surface area contributed by atoms with Crippen LogP contribution in [0.25, 0.3) is 0 Å². The Kier molecular flexibility index (Phi) is 4.21. The van der Waals surface area contributed by atoms with Gasteiger partial charge in [-0.1, -0.05) is 29.3 Å².